The van der Waals surface area contributed by atoms with E-state index < -0.39 is 0 Å². The minimum Gasteiger partial charge on any atom is -0.324 e. The molecule has 1 aliphatic heterocycles. The number of hydrogen-bond acceptors (Lipinski definition) is 2. The maximum atomic E-state index is 6.33. The monoisotopic (exact) mass is 232 g/mol. The van der Waals surface area contributed by atoms with Crippen molar-refractivity contribution in [3.63, 3.8) is 0 Å². The van der Waals surface area contributed by atoms with E-state index in [0.29, 0.717) is 11.8 Å². The Hall–Kier alpha value is -0.860. The molecule has 1 fully saturated rings. The number of nitrogens with one attached hydrogen (secondary N) is 1. The van der Waals surface area contributed by atoms with Gasteiger partial charge in [0.25, 0.3) is 0 Å². The van der Waals surface area contributed by atoms with Crippen LogP contribution in [0.2, 0.25) is 0 Å². The fourth-order valence-corrected chi connectivity index (χ4v) is 2.68. The van der Waals surface area contributed by atoms with E-state index in [-0.39, 0.29) is 6.04 Å². The Morgan fingerprint density at radius 2 is 1.82 bits per heavy atom. The van der Waals surface area contributed by atoms with Crippen molar-refractivity contribution in [2.75, 3.05) is 13.1 Å². The van der Waals surface area contributed by atoms with Crippen molar-refractivity contribution in [2.45, 2.75) is 38.6 Å². The number of rotatable bonds is 3. The second-order valence-electron chi connectivity index (χ2n) is 5.42. The lowest BCUT2D eigenvalue weighted by Gasteiger charge is -2.28. The first-order valence-corrected chi connectivity index (χ1v) is 6.75. The summed E-state index contributed by atoms with van der Waals surface area (Å²) in [6, 6.07) is 8.91. The molecule has 94 valence electrons. The van der Waals surface area contributed by atoms with Crippen LogP contribution in [-0.2, 0) is 0 Å². The van der Waals surface area contributed by atoms with Crippen LogP contribution in [0.25, 0.3) is 0 Å². The van der Waals surface area contributed by atoms with Crippen molar-refractivity contribution < 1.29 is 0 Å². The maximum Gasteiger partial charge on any atom is 0.0321 e. The van der Waals surface area contributed by atoms with E-state index in [1.165, 1.54) is 24.0 Å². The summed E-state index contributed by atoms with van der Waals surface area (Å²) in [6.07, 6.45) is 2.48. The minimum atomic E-state index is 0.168. The van der Waals surface area contributed by atoms with Crippen LogP contribution in [0.3, 0.4) is 0 Å². The van der Waals surface area contributed by atoms with E-state index in [1.807, 2.05) is 0 Å². The van der Waals surface area contributed by atoms with Gasteiger partial charge in [0.1, 0.15) is 0 Å². The normalized spacial score (nSPS) is 19.5. The Morgan fingerprint density at radius 3 is 2.47 bits per heavy atom. The summed E-state index contributed by atoms with van der Waals surface area (Å²) in [5, 5.41) is 3.42. The lowest BCUT2D eigenvalue weighted by molar-refractivity contribution is 0.447. The Morgan fingerprint density at radius 1 is 1.18 bits per heavy atom. The standard InChI is InChI=1S/C15H24N2/c1-11(2)15(16)14-6-4-3-5-13(14)12-7-9-17-10-8-12/h3-6,11-12,15,17H,7-10,16H2,1-2H3/t15-/m0/s1. The van der Waals surface area contributed by atoms with Crippen LogP contribution in [0.1, 0.15) is 49.8 Å². The molecule has 0 unspecified atom stereocenters. The first kappa shape index (κ1) is 12.6. The third-order valence-corrected chi connectivity index (χ3v) is 3.85. The van der Waals surface area contributed by atoms with Crippen molar-refractivity contribution in [1.82, 2.24) is 5.32 Å². The maximum absolute atomic E-state index is 6.33. The van der Waals surface area contributed by atoms with Crippen LogP contribution in [-0.4, -0.2) is 13.1 Å². The van der Waals surface area contributed by atoms with Crippen molar-refractivity contribution in [3.8, 4) is 0 Å². The summed E-state index contributed by atoms with van der Waals surface area (Å²) < 4.78 is 0. The topological polar surface area (TPSA) is 38.0 Å². The third kappa shape index (κ3) is 2.88. The zero-order valence-corrected chi connectivity index (χ0v) is 10.9. The van der Waals surface area contributed by atoms with Crippen molar-refractivity contribution >= 4 is 0 Å². The summed E-state index contributed by atoms with van der Waals surface area (Å²) in [5.74, 6) is 1.19. The van der Waals surface area contributed by atoms with E-state index in [2.05, 4.69) is 43.4 Å². The van der Waals surface area contributed by atoms with Gasteiger partial charge in [-0.15, -0.1) is 0 Å². The van der Waals surface area contributed by atoms with Gasteiger partial charge in [0.2, 0.25) is 0 Å². The zero-order valence-electron chi connectivity index (χ0n) is 10.9. The Bertz CT molecular complexity index is 354. The molecular formula is C15H24N2. The van der Waals surface area contributed by atoms with Gasteiger partial charge in [-0.3, -0.25) is 0 Å². The highest BCUT2D eigenvalue weighted by atomic mass is 14.9. The number of piperidine rings is 1. The number of benzene rings is 1. The number of hydrogen-bond donors (Lipinski definition) is 2. The fourth-order valence-electron chi connectivity index (χ4n) is 2.68. The van der Waals surface area contributed by atoms with Gasteiger partial charge in [-0.05, 0) is 48.9 Å². The molecule has 1 saturated heterocycles. The van der Waals surface area contributed by atoms with Crippen LogP contribution in [0.5, 0.6) is 0 Å². The number of nitrogens with two attached hydrogens (primary N) is 1. The van der Waals surface area contributed by atoms with Gasteiger partial charge in [-0.25, -0.2) is 0 Å². The second kappa shape index (κ2) is 5.65. The lowest BCUT2D eigenvalue weighted by atomic mass is 9.83. The van der Waals surface area contributed by atoms with Gasteiger partial charge in [0, 0.05) is 6.04 Å². The first-order chi connectivity index (χ1) is 8.20. The predicted molar refractivity (Wildman–Crippen MR) is 73.1 cm³/mol. The highest BCUT2D eigenvalue weighted by Crippen LogP contribution is 2.32. The second-order valence-corrected chi connectivity index (χ2v) is 5.42. The molecule has 1 aromatic carbocycles. The van der Waals surface area contributed by atoms with E-state index in [4.69, 9.17) is 5.73 Å². The van der Waals surface area contributed by atoms with Gasteiger partial charge in [-0.2, -0.15) is 0 Å². The van der Waals surface area contributed by atoms with Crippen LogP contribution in [0, 0.1) is 5.92 Å². The first-order valence-electron chi connectivity index (χ1n) is 6.75. The molecule has 2 nitrogen and oxygen atoms in total. The molecule has 0 aliphatic carbocycles. The van der Waals surface area contributed by atoms with Gasteiger partial charge in [0.05, 0.1) is 0 Å². The van der Waals surface area contributed by atoms with Crippen LogP contribution in [0.15, 0.2) is 24.3 Å². The Labute approximate surface area is 105 Å². The molecular weight excluding hydrogens is 208 g/mol. The summed E-state index contributed by atoms with van der Waals surface area (Å²) >= 11 is 0. The van der Waals surface area contributed by atoms with Crippen LogP contribution in [0.4, 0.5) is 0 Å². The summed E-state index contributed by atoms with van der Waals surface area (Å²) in [7, 11) is 0. The Kier molecular flexibility index (Phi) is 4.19. The van der Waals surface area contributed by atoms with Crippen LogP contribution >= 0.6 is 0 Å². The van der Waals surface area contributed by atoms with Gasteiger partial charge < -0.3 is 11.1 Å². The third-order valence-electron chi connectivity index (χ3n) is 3.85. The molecule has 3 N–H and O–H groups in total. The molecule has 1 aromatic rings. The zero-order chi connectivity index (χ0) is 12.3. The quantitative estimate of drug-likeness (QED) is 0.841. The van der Waals surface area contributed by atoms with Gasteiger partial charge in [0.15, 0.2) is 0 Å². The molecule has 1 aliphatic rings. The summed E-state index contributed by atoms with van der Waals surface area (Å²) in [4.78, 5) is 0. The molecule has 0 spiro atoms. The molecule has 1 heterocycles. The van der Waals surface area contributed by atoms with Crippen LogP contribution < -0.4 is 11.1 Å². The van der Waals surface area contributed by atoms with Crippen molar-refractivity contribution in [3.05, 3.63) is 35.4 Å². The van der Waals surface area contributed by atoms with E-state index in [0.717, 1.165) is 13.1 Å². The molecule has 2 rings (SSSR count). The average molecular weight is 232 g/mol. The smallest absolute Gasteiger partial charge is 0.0321 e. The van der Waals surface area contributed by atoms with E-state index in [1.54, 1.807) is 0 Å². The molecule has 0 radical (unpaired) electrons. The fraction of sp³-hybridized carbons (Fsp3) is 0.600. The Balaban J connectivity index is 2.26. The molecule has 1 atom stereocenters. The van der Waals surface area contributed by atoms with Crippen molar-refractivity contribution in [2.24, 2.45) is 11.7 Å². The highest BCUT2D eigenvalue weighted by molar-refractivity contribution is 5.33. The summed E-state index contributed by atoms with van der Waals surface area (Å²) in [5.41, 5.74) is 9.17. The lowest BCUT2D eigenvalue weighted by Crippen LogP contribution is -2.28. The summed E-state index contributed by atoms with van der Waals surface area (Å²) in [6.45, 7) is 6.67. The van der Waals surface area contributed by atoms with E-state index in [9.17, 15) is 0 Å². The molecule has 0 amide bonds. The van der Waals surface area contributed by atoms with E-state index >= 15 is 0 Å². The SMILES string of the molecule is CC(C)[C@H](N)c1ccccc1C1CCNCC1. The average Bonchev–Trinajstić information content (AvgIpc) is 2.39. The molecule has 0 saturated carbocycles. The largest absolute Gasteiger partial charge is 0.324 e. The minimum absolute atomic E-state index is 0.168. The van der Waals surface area contributed by atoms with Gasteiger partial charge >= 0.3 is 0 Å². The predicted octanol–water partition coefficient (Wildman–Crippen LogP) is 2.81. The van der Waals surface area contributed by atoms with Gasteiger partial charge in [-0.1, -0.05) is 38.1 Å². The molecule has 17 heavy (non-hydrogen) atoms. The molecule has 2 heteroatoms. The molecule has 0 bridgehead atoms. The van der Waals surface area contributed by atoms with Crippen molar-refractivity contribution in [1.29, 1.82) is 0 Å². The highest BCUT2D eigenvalue weighted by Gasteiger charge is 2.21. The molecule has 0 aromatic heterocycles.